The van der Waals surface area contributed by atoms with Crippen molar-refractivity contribution in [2.45, 2.75) is 6.92 Å². The normalized spacial score (nSPS) is 11.7. The van der Waals surface area contributed by atoms with Gasteiger partial charge in [-0.15, -0.1) is 6.42 Å². The molecule has 0 bridgehead atoms. The maximum absolute atomic E-state index is 5.45. The fourth-order valence-electron chi connectivity index (χ4n) is 2.64. The summed E-state index contributed by atoms with van der Waals surface area (Å²) in [7, 11) is 0. The molecule has 1 aromatic heterocycles. The van der Waals surface area contributed by atoms with Crippen LogP contribution in [0, 0.1) is 19.3 Å². The Kier molecular flexibility index (Phi) is 4.04. The molecule has 3 aromatic rings. The highest BCUT2D eigenvalue weighted by Crippen LogP contribution is 2.33. The molecule has 1 aliphatic rings. The van der Waals surface area contributed by atoms with E-state index in [1.807, 2.05) is 49.4 Å². The Morgan fingerprint density at radius 2 is 2.04 bits per heavy atom. The first-order valence-corrected chi connectivity index (χ1v) is 8.16. The fourth-order valence-corrected chi connectivity index (χ4v) is 2.64. The molecule has 0 amide bonds. The molecule has 26 heavy (non-hydrogen) atoms. The van der Waals surface area contributed by atoms with E-state index in [0.717, 1.165) is 39.8 Å². The van der Waals surface area contributed by atoms with Gasteiger partial charge < -0.3 is 20.7 Å². The van der Waals surface area contributed by atoms with Gasteiger partial charge in [-0.25, -0.2) is 4.98 Å². The van der Waals surface area contributed by atoms with E-state index in [9.17, 15) is 0 Å². The monoisotopic (exact) mass is 343 g/mol. The van der Waals surface area contributed by atoms with Gasteiger partial charge in [-0.2, -0.15) is 4.98 Å². The highest BCUT2D eigenvalue weighted by molar-refractivity contribution is 5.70. The van der Waals surface area contributed by atoms with E-state index in [0.29, 0.717) is 12.7 Å². The Bertz CT molecular complexity index is 1010. The van der Waals surface area contributed by atoms with E-state index >= 15 is 0 Å². The third-order valence-corrected chi connectivity index (χ3v) is 3.99. The molecule has 3 N–H and O–H groups in total. The van der Waals surface area contributed by atoms with Crippen LogP contribution in [0.5, 0.6) is 5.75 Å². The molecule has 4 rings (SSSR count). The Hall–Kier alpha value is -3.72. The van der Waals surface area contributed by atoms with Gasteiger partial charge in [0, 0.05) is 28.7 Å². The summed E-state index contributed by atoms with van der Waals surface area (Å²) in [4.78, 5) is 8.92. The van der Waals surface area contributed by atoms with Gasteiger partial charge in [0.15, 0.2) is 6.73 Å². The third-order valence-electron chi connectivity index (χ3n) is 3.99. The van der Waals surface area contributed by atoms with Crippen molar-refractivity contribution in [3.8, 4) is 18.1 Å². The van der Waals surface area contributed by atoms with Crippen molar-refractivity contribution in [3.63, 3.8) is 0 Å². The molecule has 6 heteroatoms. The van der Waals surface area contributed by atoms with E-state index in [-0.39, 0.29) is 0 Å². The summed E-state index contributed by atoms with van der Waals surface area (Å²) in [6, 6.07) is 13.4. The fraction of sp³-hybridized carbons (Fsp3) is 0.100. The number of nitrogens with one attached hydrogen (secondary N) is 3. The standard InChI is InChI=1S/C20H17N5O/c1-3-14-5-4-6-15(9-14)24-20-21-11-13(2)19(25-20)23-16-7-8-18-17(10-16)22-12-26-18/h1,4-11,22H,12H2,2H3,(H2,21,23,24,25). The number of terminal acetylenes is 1. The zero-order chi connectivity index (χ0) is 17.9. The van der Waals surface area contributed by atoms with E-state index in [2.05, 4.69) is 31.8 Å². The predicted octanol–water partition coefficient (Wildman–Crippen LogP) is 4.02. The lowest BCUT2D eigenvalue weighted by Crippen LogP contribution is -2.03. The largest absolute Gasteiger partial charge is 0.471 e. The Balaban J connectivity index is 1.57. The molecule has 2 aromatic carbocycles. The Morgan fingerprint density at radius 3 is 2.92 bits per heavy atom. The van der Waals surface area contributed by atoms with Gasteiger partial charge in [0.05, 0.1) is 5.69 Å². The molecule has 0 unspecified atom stereocenters. The number of aryl methyl sites for hydroxylation is 1. The third kappa shape index (κ3) is 3.23. The van der Waals surface area contributed by atoms with Gasteiger partial charge in [0.2, 0.25) is 5.95 Å². The summed E-state index contributed by atoms with van der Waals surface area (Å²) in [5.41, 5.74) is 4.47. The molecule has 0 fully saturated rings. The van der Waals surface area contributed by atoms with Gasteiger partial charge in [-0.1, -0.05) is 12.0 Å². The number of hydrogen-bond acceptors (Lipinski definition) is 6. The number of hydrogen-bond donors (Lipinski definition) is 3. The molecule has 1 aliphatic heterocycles. The van der Waals surface area contributed by atoms with Crippen LogP contribution in [-0.2, 0) is 0 Å². The van der Waals surface area contributed by atoms with Gasteiger partial charge >= 0.3 is 0 Å². The lowest BCUT2D eigenvalue weighted by Gasteiger charge is -2.12. The molecular formula is C20H17N5O. The Morgan fingerprint density at radius 1 is 1.15 bits per heavy atom. The quantitative estimate of drug-likeness (QED) is 0.622. The first kappa shape index (κ1) is 15.8. The second kappa shape index (κ2) is 6.65. The minimum atomic E-state index is 0.495. The maximum Gasteiger partial charge on any atom is 0.229 e. The molecule has 2 heterocycles. The minimum absolute atomic E-state index is 0.495. The molecular weight excluding hydrogens is 326 g/mol. The zero-order valence-corrected chi connectivity index (χ0v) is 14.2. The summed E-state index contributed by atoms with van der Waals surface area (Å²) in [6.45, 7) is 2.45. The highest BCUT2D eigenvalue weighted by atomic mass is 16.5. The average Bonchev–Trinajstić information content (AvgIpc) is 3.12. The zero-order valence-electron chi connectivity index (χ0n) is 14.2. The van der Waals surface area contributed by atoms with Crippen LogP contribution in [0.2, 0.25) is 0 Å². The molecule has 0 saturated heterocycles. The highest BCUT2D eigenvalue weighted by Gasteiger charge is 2.12. The van der Waals surface area contributed by atoms with Crippen LogP contribution in [-0.4, -0.2) is 16.7 Å². The number of nitrogens with zero attached hydrogens (tertiary/aromatic N) is 2. The molecule has 0 spiro atoms. The number of anilines is 5. The summed E-state index contributed by atoms with van der Waals surface area (Å²) in [5, 5.41) is 9.69. The van der Waals surface area contributed by atoms with E-state index < -0.39 is 0 Å². The number of aromatic nitrogens is 2. The van der Waals surface area contributed by atoms with Gasteiger partial charge in [-0.3, -0.25) is 0 Å². The van der Waals surface area contributed by atoms with E-state index in [1.165, 1.54) is 0 Å². The van der Waals surface area contributed by atoms with Crippen molar-refractivity contribution < 1.29 is 4.74 Å². The average molecular weight is 343 g/mol. The summed E-state index contributed by atoms with van der Waals surface area (Å²) in [5.74, 6) is 4.70. The van der Waals surface area contributed by atoms with Crippen LogP contribution in [0.15, 0.2) is 48.7 Å². The van der Waals surface area contributed by atoms with Crippen LogP contribution >= 0.6 is 0 Å². The minimum Gasteiger partial charge on any atom is -0.471 e. The van der Waals surface area contributed by atoms with Crippen molar-refractivity contribution in [1.82, 2.24) is 9.97 Å². The molecule has 0 aliphatic carbocycles. The van der Waals surface area contributed by atoms with Crippen molar-refractivity contribution in [2.24, 2.45) is 0 Å². The summed E-state index contributed by atoms with van der Waals surface area (Å²) >= 11 is 0. The van der Waals surface area contributed by atoms with Crippen LogP contribution in [0.4, 0.5) is 28.8 Å². The number of ether oxygens (including phenoxy) is 1. The second-order valence-corrected chi connectivity index (χ2v) is 5.88. The molecule has 0 radical (unpaired) electrons. The van der Waals surface area contributed by atoms with Gasteiger partial charge in [0.25, 0.3) is 0 Å². The Labute approximate surface area is 151 Å². The number of fused-ring (bicyclic) bond motifs is 1. The second-order valence-electron chi connectivity index (χ2n) is 5.88. The smallest absolute Gasteiger partial charge is 0.229 e. The van der Waals surface area contributed by atoms with Crippen LogP contribution in [0.3, 0.4) is 0 Å². The van der Waals surface area contributed by atoms with E-state index in [4.69, 9.17) is 11.2 Å². The van der Waals surface area contributed by atoms with Crippen LogP contribution in [0.1, 0.15) is 11.1 Å². The summed E-state index contributed by atoms with van der Waals surface area (Å²) < 4.78 is 5.44. The summed E-state index contributed by atoms with van der Waals surface area (Å²) in [6.07, 6.45) is 7.22. The maximum atomic E-state index is 5.45. The number of benzene rings is 2. The van der Waals surface area contributed by atoms with Crippen LogP contribution < -0.4 is 20.7 Å². The topological polar surface area (TPSA) is 71.1 Å². The van der Waals surface area contributed by atoms with Crippen LogP contribution in [0.25, 0.3) is 0 Å². The number of rotatable bonds is 4. The van der Waals surface area contributed by atoms with E-state index in [1.54, 1.807) is 6.20 Å². The lowest BCUT2D eigenvalue weighted by molar-refractivity contribution is 0.372. The molecule has 6 nitrogen and oxygen atoms in total. The first-order valence-electron chi connectivity index (χ1n) is 8.16. The first-order chi connectivity index (χ1) is 12.7. The predicted molar refractivity (Wildman–Crippen MR) is 103 cm³/mol. The SMILES string of the molecule is C#Cc1cccc(Nc2ncc(C)c(Nc3ccc4c(c3)NCO4)n2)c1. The molecule has 128 valence electrons. The van der Waals surface area contributed by atoms with Crippen molar-refractivity contribution >= 4 is 28.8 Å². The molecule has 0 atom stereocenters. The van der Waals surface area contributed by atoms with Crippen molar-refractivity contribution in [1.29, 1.82) is 0 Å². The van der Waals surface area contributed by atoms with Gasteiger partial charge in [-0.05, 0) is 43.3 Å². The van der Waals surface area contributed by atoms with Crippen molar-refractivity contribution in [3.05, 3.63) is 59.8 Å². The van der Waals surface area contributed by atoms with Crippen molar-refractivity contribution in [2.75, 3.05) is 22.7 Å². The van der Waals surface area contributed by atoms with Gasteiger partial charge in [0.1, 0.15) is 11.6 Å². The molecule has 0 saturated carbocycles. The lowest BCUT2D eigenvalue weighted by atomic mass is 10.2.